The second kappa shape index (κ2) is 13.6. The van der Waals surface area contributed by atoms with Crippen LogP contribution in [0.25, 0.3) is 0 Å². The number of aliphatic hydroxyl groups excluding tert-OH is 3. The van der Waals surface area contributed by atoms with Gasteiger partial charge in [-0.2, -0.15) is 0 Å². The molecule has 1 amide bonds. The van der Waals surface area contributed by atoms with Gasteiger partial charge in [-0.1, -0.05) is 32.4 Å². The lowest BCUT2D eigenvalue weighted by atomic mass is 9.50. The van der Waals surface area contributed by atoms with Crippen molar-refractivity contribution in [3.63, 3.8) is 0 Å². The molecule has 286 valence electrons. The van der Waals surface area contributed by atoms with Gasteiger partial charge >= 0.3 is 0 Å². The van der Waals surface area contributed by atoms with Gasteiger partial charge in [0.2, 0.25) is 5.91 Å². The first-order chi connectivity index (χ1) is 23.2. The molecule has 50 heavy (non-hydrogen) atoms. The summed E-state index contributed by atoms with van der Waals surface area (Å²) in [6.07, 6.45) is 5.08. The molecule has 3 saturated heterocycles. The van der Waals surface area contributed by atoms with Gasteiger partial charge in [-0.3, -0.25) is 4.79 Å². The van der Waals surface area contributed by atoms with Crippen molar-refractivity contribution in [1.29, 1.82) is 0 Å². The number of carbonyl (C=O) groups excluding carboxylic acids is 1. The van der Waals surface area contributed by atoms with E-state index in [0.717, 1.165) is 51.4 Å². The van der Waals surface area contributed by atoms with Gasteiger partial charge in [-0.15, -0.1) is 0 Å². The first-order valence-corrected chi connectivity index (χ1v) is 19.1. The van der Waals surface area contributed by atoms with Crippen molar-refractivity contribution in [2.45, 2.75) is 186 Å². The van der Waals surface area contributed by atoms with E-state index in [2.05, 4.69) is 32.2 Å². The highest BCUT2D eigenvalue weighted by atomic mass is 16.7. The van der Waals surface area contributed by atoms with Crippen LogP contribution in [0.2, 0.25) is 0 Å². The molecule has 0 bridgehead atoms. The SMILES string of the molecule is COC[C@@H]1O[C@H](OC(C)(C)[C@@H]2CC[C@]3(C)C=C([C@@H]4CC[C@@H]5[C@]4(C)C[C@H](O)[C@@H]4O[C@H](C(C)(C)O)CC[C@@]54C)CC[C@@H]3O2)[C@H](NC(C)=O)[C@@H](O)[C@H]1O. The molecule has 3 aliphatic heterocycles. The van der Waals surface area contributed by atoms with Crippen molar-refractivity contribution in [2.75, 3.05) is 13.7 Å². The van der Waals surface area contributed by atoms with Crippen LogP contribution in [-0.4, -0.2) is 112 Å². The van der Waals surface area contributed by atoms with E-state index < -0.39 is 47.9 Å². The normalized spacial score (nSPS) is 48.2. The number of hydrogen-bond acceptors (Lipinski definition) is 10. The number of carbonyl (C=O) groups is 1. The molecule has 3 aliphatic carbocycles. The molecule has 0 aromatic carbocycles. The van der Waals surface area contributed by atoms with Crippen LogP contribution in [0.15, 0.2) is 11.6 Å². The molecule has 2 saturated carbocycles. The minimum absolute atomic E-state index is 0.00862. The monoisotopic (exact) mass is 707 g/mol. The van der Waals surface area contributed by atoms with Crippen LogP contribution in [0.1, 0.15) is 113 Å². The van der Waals surface area contributed by atoms with Crippen molar-refractivity contribution in [3.05, 3.63) is 11.6 Å². The molecule has 0 aromatic heterocycles. The summed E-state index contributed by atoms with van der Waals surface area (Å²) in [4.78, 5) is 12.0. The van der Waals surface area contributed by atoms with Crippen LogP contribution in [-0.2, 0) is 28.5 Å². The Morgan fingerprint density at radius 2 is 1.64 bits per heavy atom. The molecule has 5 fully saturated rings. The Labute approximate surface area is 298 Å². The molecule has 5 N–H and O–H groups in total. The summed E-state index contributed by atoms with van der Waals surface area (Å²) in [5.41, 5.74) is -0.532. The van der Waals surface area contributed by atoms with E-state index in [-0.39, 0.29) is 53.2 Å². The van der Waals surface area contributed by atoms with Crippen molar-refractivity contribution in [1.82, 2.24) is 5.32 Å². The summed E-state index contributed by atoms with van der Waals surface area (Å²) in [5.74, 6) is 0.485. The van der Waals surface area contributed by atoms with Crippen LogP contribution < -0.4 is 5.32 Å². The van der Waals surface area contributed by atoms with E-state index in [4.69, 9.17) is 23.7 Å². The Kier molecular flexibility index (Phi) is 10.5. The van der Waals surface area contributed by atoms with Gasteiger partial charge < -0.3 is 49.4 Å². The van der Waals surface area contributed by atoms with Crippen molar-refractivity contribution < 1.29 is 48.9 Å². The Morgan fingerprint density at radius 3 is 2.30 bits per heavy atom. The minimum Gasteiger partial charge on any atom is -0.390 e. The summed E-state index contributed by atoms with van der Waals surface area (Å²) >= 11 is 0. The number of nitrogens with one attached hydrogen (secondary N) is 1. The number of methoxy groups -OCH3 is 1. The van der Waals surface area contributed by atoms with Crippen LogP contribution in [0.5, 0.6) is 0 Å². The fourth-order valence-electron chi connectivity index (χ4n) is 11.4. The van der Waals surface area contributed by atoms with Crippen molar-refractivity contribution in [2.24, 2.45) is 28.1 Å². The van der Waals surface area contributed by atoms with Gasteiger partial charge in [0.1, 0.15) is 24.4 Å². The molecule has 6 rings (SSSR count). The summed E-state index contributed by atoms with van der Waals surface area (Å²) in [6.45, 7) is 16.0. The van der Waals surface area contributed by atoms with Gasteiger partial charge in [0.15, 0.2) is 6.29 Å². The van der Waals surface area contributed by atoms with Crippen LogP contribution in [0, 0.1) is 28.1 Å². The molecule has 11 heteroatoms. The third kappa shape index (κ3) is 6.74. The fraction of sp³-hybridized carbons (Fsp3) is 0.923. The number of aliphatic hydroxyl groups is 4. The maximum absolute atomic E-state index is 12.0. The number of rotatable bonds is 8. The maximum Gasteiger partial charge on any atom is 0.217 e. The second-order valence-corrected chi connectivity index (χ2v) is 18.5. The molecule has 15 atom stereocenters. The summed E-state index contributed by atoms with van der Waals surface area (Å²) in [6, 6.07) is -0.959. The second-order valence-electron chi connectivity index (χ2n) is 18.5. The van der Waals surface area contributed by atoms with E-state index in [1.54, 1.807) is 0 Å². The summed E-state index contributed by atoms with van der Waals surface area (Å²) in [5, 5.41) is 46.7. The Balaban J connectivity index is 1.15. The molecule has 11 nitrogen and oxygen atoms in total. The zero-order chi connectivity index (χ0) is 36.6. The number of hydrogen-bond donors (Lipinski definition) is 5. The smallest absolute Gasteiger partial charge is 0.217 e. The van der Waals surface area contributed by atoms with Gasteiger partial charge in [-0.25, -0.2) is 0 Å². The quantitative estimate of drug-likeness (QED) is 0.236. The lowest BCUT2D eigenvalue weighted by Gasteiger charge is -2.60. The highest BCUT2D eigenvalue weighted by molar-refractivity contribution is 5.73. The predicted molar refractivity (Wildman–Crippen MR) is 186 cm³/mol. The van der Waals surface area contributed by atoms with E-state index in [0.29, 0.717) is 18.3 Å². The molecule has 3 heterocycles. The molecular formula is C39H65NO10. The van der Waals surface area contributed by atoms with Gasteiger partial charge in [0.25, 0.3) is 0 Å². The first-order valence-electron chi connectivity index (χ1n) is 19.1. The number of amides is 1. The van der Waals surface area contributed by atoms with E-state index in [1.807, 2.05) is 27.7 Å². The van der Waals surface area contributed by atoms with E-state index in [1.165, 1.54) is 19.6 Å². The standard InChI is InChI=1S/C39H65NO10/c1-21(41)40-30-32(44)31(43)25(20-46-9)47-34(30)50-36(4,5)28-14-16-37(6)18-22(10-13-29(37)48-28)23-11-12-26-38(7)17-15-27(35(2,3)45)49-33(38)24(42)19-39(23,26)8/h18,23-34,42-45H,10-17,19-20H2,1-9H3,(H,40,41)/t23-,24-,25-,26-,27-,28-,29-,30+,31-,32+,33-,34+,37+,38-,39+/m0/s1. The third-order valence-corrected chi connectivity index (χ3v) is 14.1. The average Bonchev–Trinajstić information content (AvgIpc) is 3.37. The Hall–Kier alpha value is -1.15. The molecule has 0 aromatic rings. The topological polar surface area (TPSA) is 156 Å². The molecule has 0 unspecified atom stereocenters. The third-order valence-electron chi connectivity index (χ3n) is 14.1. The average molecular weight is 708 g/mol. The Bertz CT molecular complexity index is 1280. The highest BCUT2D eigenvalue weighted by Crippen LogP contribution is 2.67. The zero-order valence-electron chi connectivity index (χ0n) is 31.8. The van der Waals surface area contributed by atoms with Crippen molar-refractivity contribution >= 4 is 5.91 Å². The molecular weight excluding hydrogens is 642 g/mol. The van der Waals surface area contributed by atoms with Crippen LogP contribution in [0.3, 0.4) is 0 Å². The molecule has 0 radical (unpaired) electrons. The van der Waals surface area contributed by atoms with Crippen molar-refractivity contribution in [3.8, 4) is 0 Å². The number of ether oxygens (including phenoxy) is 5. The number of fused-ring (bicyclic) bond motifs is 4. The largest absolute Gasteiger partial charge is 0.390 e. The van der Waals surface area contributed by atoms with E-state index in [9.17, 15) is 25.2 Å². The summed E-state index contributed by atoms with van der Waals surface area (Å²) < 4.78 is 31.3. The summed E-state index contributed by atoms with van der Waals surface area (Å²) in [7, 11) is 1.50. The first kappa shape index (κ1) is 38.6. The Morgan fingerprint density at radius 1 is 0.940 bits per heavy atom. The lowest BCUT2D eigenvalue weighted by molar-refractivity contribution is -0.316. The fourth-order valence-corrected chi connectivity index (χ4v) is 11.4. The molecule has 6 aliphatic rings. The van der Waals surface area contributed by atoms with Gasteiger partial charge in [0, 0.05) is 19.4 Å². The molecule has 0 spiro atoms. The zero-order valence-corrected chi connectivity index (χ0v) is 31.8. The minimum atomic E-state index is -1.29. The lowest BCUT2D eigenvalue weighted by Crippen LogP contribution is -2.66. The predicted octanol–water partition coefficient (Wildman–Crippen LogP) is 3.78. The van der Waals surface area contributed by atoms with Gasteiger partial charge in [-0.05, 0) is 108 Å². The maximum atomic E-state index is 12.0. The van der Waals surface area contributed by atoms with Crippen LogP contribution in [0.4, 0.5) is 0 Å². The van der Waals surface area contributed by atoms with E-state index >= 15 is 0 Å². The number of allylic oxidation sites excluding steroid dienone is 1. The van der Waals surface area contributed by atoms with Crippen LogP contribution >= 0.6 is 0 Å². The highest BCUT2D eigenvalue weighted by Gasteiger charge is 2.65. The van der Waals surface area contributed by atoms with Gasteiger partial charge in [0.05, 0.1) is 48.3 Å².